The minimum Gasteiger partial charge on any atom is -0.352 e. The second-order valence-corrected chi connectivity index (χ2v) is 13.9. The van der Waals surface area contributed by atoms with E-state index in [1.165, 1.54) is 4.90 Å². The Kier molecular flexibility index (Phi) is 11.7. The van der Waals surface area contributed by atoms with Crippen LogP contribution in [0.15, 0.2) is 102 Å². The highest BCUT2D eigenvalue weighted by Gasteiger charge is 2.35. The summed E-state index contributed by atoms with van der Waals surface area (Å²) in [7, 11) is -4.19. The molecule has 242 valence electrons. The summed E-state index contributed by atoms with van der Waals surface area (Å²) >= 11 is 6.58. The molecule has 0 aliphatic heterocycles. The number of nitrogens with zero attached hydrogens (tertiary/aromatic N) is 2. The molecule has 2 amide bonds. The van der Waals surface area contributed by atoms with Gasteiger partial charge in [0.15, 0.2) is 0 Å². The zero-order valence-electron chi connectivity index (χ0n) is 27.0. The Labute approximate surface area is 278 Å². The van der Waals surface area contributed by atoms with Crippen molar-refractivity contribution in [3.63, 3.8) is 0 Å². The number of sulfonamides is 1. The molecule has 0 saturated heterocycles. The topological polar surface area (TPSA) is 86.8 Å². The first-order valence-electron chi connectivity index (χ1n) is 15.4. The van der Waals surface area contributed by atoms with E-state index in [1.54, 1.807) is 54.6 Å². The van der Waals surface area contributed by atoms with Crippen molar-refractivity contribution in [3.05, 3.63) is 130 Å². The highest BCUT2D eigenvalue weighted by molar-refractivity contribution is 7.92. The number of halogens is 1. The van der Waals surface area contributed by atoms with Crippen molar-refractivity contribution in [2.75, 3.05) is 10.8 Å². The van der Waals surface area contributed by atoms with Crippen molar-refractivity contribution >= 4 is 39.1 Å². The van der Waals surface area contributed by atoms with Gasteiger partial charge in [-0.1, -0.05) is 96.9 Å². The number of hydrogen-bond donors (Lipinski definition) is 1. The van der Waals surface area contributed by atoms with Crippen LogP contribution in [0.1, 0.15) is 48.1 Å². The van der Waals surface area contributed by atoms with Gasteiger partial charge in [0, 0.05) is 24.0 Å². The van der Waals surface area contributed by atoms with Gasteiger partial charge in [0.1, 0.15) is 12.6 Å². The quantitative estimate of drug-likeness (QED) is 0.167. The van der Waals surface area contributed by atoms with Gasteiger partial charge in [0.2, 0.25) is 11.8 Å². The third-order valence-electron chi connectivity index (χ3n) is 8.30. The molecule has 0 spiro atoms. The van der Waals surface area contributed by atoms with Crippen LogP contribution in [-0.4, -0.2) is 43.8 Å². The number of nitrogens with one attached hydrogen (secondary N) is 1. The average Bonchev–Trinajstić information content (AvgIpc) is 3.04. The van der Waals surface area contributed by atoms with Crippen LogP contribution in [0.5, 0.6) is 0 Å². The second-order valence-electron chi connectivity index (χ2n) is 11.7. The highest BCUT2D eigenvalue weighted by Crippen LogP contribution is 2.30. The first-order valence-corrected chi connectivity index (χ1v) is 17.3. The summed E-state index contributed by atoms with van der Waals surface area (Å²) in [5.74, 6) is -0.852. The fourth-order valence-electron chi connectivity index (χ4n) is 5.16. The van der Waals surface area contributed by atoms with Crippen molar-refractivity contribution in [2.24, 2.45) is 0 Å². The Morgan fingerprint density at radius 3 is 2.15 bits per heavy atom. The Morgan fingerprint density at radius 1 is 0.848 bits per heavy atom. The van der Waals surface area contributed by atoms with E-state index < -0.39 is 28.5 Å². The summed E-state index contributed by atoms with van der Waals surface area (Å²) in [6, 6.07) is 27.5. The predicted molar refractivity (Wildman–Crippen MR) is 185 cm³/mol. The van der Waals surface area contributed by atoms with Gasteiger partial charge in [-0.05, 0) is 80.6 Å². The fourth-order valence-corrected chi connectivity index (χ4v) is 6.83. The van der Waals surface area contributed by atoms with Crippen molar-refractivity contribution in [1.29, 1.82) is 0 Å². The van der Waals surface area contributed by atoms with Gasteiger partial charge in [-0.25, -0.2) is 8.42 Å². The molecule has 1 N–H and O–H groups in total. The number of amides is 2. The van der Waals surface area contributed by atoms with Crippen LogP contribution in [0, 0.1) is 20.8 Å². The first kappa shape index (κ1) is 34.7. The maximum absolute atomic E-state index is 14.7. The summed E-state index contributed by atoms with van der Waals surface area (Å²) < 4.78 is 29.8. The number of benzene rings is 4. The molecule has 0 bridgehead atoms. The van der Waals surface area contributed by atoms with Crippen LogP contribution in [-0.2, 0) is 32.6 Å². The van der Waals surface area contributed by atoms with Crippen molar-refractivity contribution in [3.8, 4) is 0 Å². The minimum absolute atomic E-state index is 0.00908. The molecule has 2 atom stereocenters. The minimum atomic E-state index is -4.19. The molecule has 4 rings (SSSR count). The largest absolute Gasteiger partial charge is 0.352 e. The van der Waals surface area contributed by atoms with Crippen molar-refractivity contribution in [1.82, 2.24) is 10.2 Å². The maximum Gasteiger partial charge on any atom is 0.264 e. The lowest BCUT2D eigenvalue weighted by Gasteiger charge is -2.35. The molecule has 0 fully saturated rings. The van der Waals surface area contributed by atoms with E-state index in [2.05, 4.69) is 5.32 Å². The van der Waals surface area contributed by atoms with Crippen LogP contribution >= 0.6 is 11.6 Å². The lowest BCUT2D eigenvalue weighted by molar-refractivity contribution is -0.140. The molecular weight excluding hydrogens is 618 g/mol. The molecule has 0 saturated carbocycles. The number of aryl methyl sites for hydroxylation is 2. The van der Waals surface area contributed by atoms with E-state index in [0.29, 0.717) is 22.7 Å². The van der Waals surface area contributed by atoms with Gasteiger partial charge < -0.3 is 10.2 Å². The molecule has 0 aliphatic carbocycles. The fraction of sp³-hybridized carbons (Fsp3) is 0.297. The Bertz CT molecular complexity index is 1760. The number of hydrogen-bond acceptors (Lipinski definition) is 4. The van der Waals surface area contributed by atoms with Gasteiger partial charge in [-0.3, -0.25) is 13.9 Å². The highest BCUT2D eigenvalue weighted by atomic mass is 35.5. The summed E-state index contributed by atoms with van der Waals surface area (Å²) in [6.45, 7) is 8.99. The van der Waals surface area contributed by atoms with E-state index in [-0.39, 0.29) is 29.8 Å². The van der Waals surface area contributed by atoms with Crippen LogP contribution < -0.4 is 9.62 Å². The van der Waals surface area contributed by atoms with E-state index in [1.807, 2.05) is 77.1 Å². The summed E-state index contributed by atoms with van der Waals surface area (Å²) in [5.41, 5.74) is 4.44. The third-order valence-corrected chi connectivity index (χ3v) is 10.4. The molecule has 0 heterocycles. The Morgan fingerprint density at radius 2 is 1.50 bits per heavy atom. The molecule has 46 heavy (non-hydrogen) atoms. The SMILES string of the molecule is CC[C@@H](C)NC(=O)[C@@H](Cc1ccccc1)N(Cc1ccccc1Cl)C(=O)CN(c1cccc(C)c1C)S(=O)(=O)c1ccc(C)cc1. The van der Waals surface area contributed by atoms with E-state index in [4.69, 9.17) is 11.6 Å². The molecule has 9 heteroatoms. The van der Waals surface area contributed by atoms with Crippen molar-refractivity contribution < 1.29 is 18.0 Å². The van der Waals surface area contributed by atoms with E-state index >= 15 is 0 Å². The summed E-state index contributed by atoms with van der Waals surface area (Å²) in [4.78, 5) is 30.2. The molecule has 0 aromatic heterocycles. The maximum atomic E-state index is 14.7. The monoisotopic (exact) mass is 659 g/mol. The normalized spacial score (nSPS) is 12.7. The predicted octanol–water partition coefficient (Wildman–Crippen LogP) is 7.02. The number of rotatable bonds is 13. The van der Waals surface area contributed by atoms with Crippen molar-refractivity contribution in [2.45, 2.75) is 71.0 Å². The van der Waals surface area contributed by atoms with Gasteiger partial charge in [-0.2, -0.15) is 0 Å². The van der Waals surface area contributed by atoms with Crippen LogP contribution in [0.2, 0.25) is 5.02 Å². The average molecular weight is 660 g/mol. The van der Waals surface area contributed by atoms with Crippen LogP contribution in [0.3, 0.4) is 0 Å². The summed E-state index contributed by atoms with van der Waals surface area (Å²) in [6.07, 6.45) is 0.935. The Balaban J connectivity index is 1.85. The van der Waals surface area contributed by atoms with Gasteiger partial charge in [-0.15, -0.1) is 0 Å². The molecule has 0 unspecified atom stereocenters. The zero-order chi connectivity index (χ0) is 33.4. The molecule has 0 radical (unpaired) electrons. The van der Waals surface area contributed by atoms with E-state index in [0.717, 1.165) is 26.6 Å². The standard InChI is InChI=1S/C37H42ClN3O4S/c1-6-28(4)39-37(43)35(23-30-14-8-7-9-15-30)40(24-31-16-10-11-17-33(31)38)36(42)25-41(34-18-12-13-27(3)29(34)5)46(44,45)32-21-19-26(2)20-22-32/h7-22,28,35H,6,23-25H2,1-5H3,(H,39,43)/t28-,35-/m1/s1. The summed E-state index contributed by atoms with van der Waals surface area (Å²) in [5, 5.41) is 3.50. The van der Waals surface area contributed by atoms with Gasteiger partial charge in [0.25, 0.3) is 10.0 Å². The van der Waals surface area contributed by atoms with Gasteiger partial charge >= 0.3 is 0 Å². The van der Waals surface area contributed by atoms with Crippen LogP contribution in [0.25, 0.3) is 0 Å². The lowest BCUT2D eigenvalue weighted by Crippen LogP contribution is -2.54. The molecule has 4 aromatic rings. The number of anilines is 1. The molecule has 7 nitrogen and oxygen atoms in total. The smallest absolute Gasteiger partial charge is 0.264 e. The second kappa shape index (κ2) is 15.4. The molecule has 0 aliphatic rings. The Hall–Kier alpha value is -4.14. The molecular formula is C37H42ClN3O4S. The van der Waals surface area contributed by atoms with Gasteiger partial charge in [0.05, 0.1) is 10.6 Å². The zero-order valence-corrected chi connectivity index (χ0v) is 28.6. The lowest BCUT2D eigenvalue weighted by atomic mass is 10.0. The van der Waals surface area contributed by atoms with E-state index in [9.17, 15) is 18.0 Å². The first-order chi connectivity index (χ1) is 21.9. The van der Waals surface area contributed by atoms with Crippen LogP contribution in [0.4, 0.5) is 5.69 Å². The number of carbonyl (C=O) groups excluding carboxylic acids is 2. The number of carbonyl (C=O) groups is 2. The third kappa shape index (κ3) is 8.36. The molecule has 4 aromatic carbocycles.